The first-order chi connectivity index (χ1) is 7.33. The van der Waals surface area contributed by atoms with Crippen molar-refractivity contribution in [1.82, 2.24) is 4.72 Å². The molecule has 4 nitrogen and oxygen atoms in total. The number of hydrogen-bond donors (Lipinski definition) is 2. The molecule has 3 N–H and O–H groups in total. The van der Waals surface area contributed by atoms with E-state index in [9.17, 15) is 8.42 Å². The van der Waals surface area contributed by atoms with Crippen LogP contribution >= 0.6 is 15.9 Å². The largest absolute Gasteiger partial charge is 0.398 e. The maximum Gasteiger partial charge on any atom is 0.240 e. The maximum atomic E-state index is 11.8. The van der Waals surface area contributed by atoms with E-state index in [0.717, 1.165) is 5.57 Å². The Labute approximate surface area is 104 Å². The Hall–Kier alpha value is -0.850. The van der Waals surface area contributed by atoms with Crippen LogP contribution in [0.5, 0.6) is 0 Å². The smallest absolute Gasteiger partial charge is 0.240 e. The first kappa shape index (κ1) is 13.2. The van der Waals surface area contributed by atoms with Crippen LogP contribution in [-0.4, -0.2) is 15.0 Å². The van der Waals surface area contributed by atoms with Gasteiger partial charge < -0.3 is 5.73 Å². The number of nitrogen functional groups attached to an aromatic ring is 1. The van der Waals surface area contributed by atoms with Crippen molar-refractivity contribution >= 4 is 31.6 Å². The number of sulfonamides is 1. The van der Waals surface area contributed by atoms with Gasteiger partial charge in [-0.15, -0.1) is 0 Å². The lowest BCUT2D eigenvalue weighted by Crippen LogP contribution is -2.25. The molecule has 0 aliphatic heterocycles. The molecule has 0 saturated carbocycles. The first-order valence-corrected chi connectivity index (χ1v) is 6.79. The number of hydrogen-bond acceptors (Lipinski definition) is 3. The molecular formula is C10H13BrN2O2S. The Morgan fingerprint density at radius 1 is 1.56 bits per heavy atom. The SMILES string of the molecule is C=C(C)CNS(=O)(=O)c1ccc(Br)c(N)c1. The van der Waals surface area contributed by atoms with Crippen molar-refractivity contribution in [2.24, 2.45) is 0 Å². The monoisotopic (exact) mass is 304 g/mol. The summed E-state index contributed by atoms with van der Waals surface area (Å²) in [5, 5.41) is 0. The number of benzene rings is 1. The summed E-state index contributed by atoms with van der Waals surface area (Å²) in [4.78, 5) is 0.148. The van der Waals surface area contributed by atoms with Gasteiger partial charge in [-0.3, -0.25) is 0 Å². The maximum absolute atomic E-state index is 11.8. The third-order valence-electron chi connectivity index (χ3n) is 1.84. The van der Waals surface area contributed by atoms with E-state index in [-0.39, 0.29) is 11.4 Å². The zero-order valence-electron chi connectivity index (χ0n) is 8.83. The molecule has 0 radical (unpaired) electrons. The van der Waals surface area contributed by atoms with Gasteiger partial charge in [0.2, 0.25) is 10.0 Å². The third-order valence-corrected chi connectivity index (χ3v) is 3.96. The molecule has 1 aromatic carbocycles. The average molecular weight is 305 g/mol. The van der Waals surface area contributed by atoms with Crippen LogP contribution in [0.1, 0.15) is 6.92 Å². The summed E-state index contributed by atoms with van der Waals surface area (Å²) in [7, 11) is -3.51. The second-order valence-corrected chi connectivity index (χ2v) is 6.09. The zero-order valence-corrected chi connectivity index (χ0v) is 11.2. The summed E-state index contributed by atoms with van der Waals surface area (Å²) >= 11 is 3.20. The summed E-state index contributed by atoms with van der Waals surface area (Å²) in [6.07, 6.45) is 0. The van der Waals surface area contributed by atoms with Crippen molar-refractivity contribution in [3.63, 3.8) is 0 Å². The minimum atomic E-state index is -3.51. The first-order valence-electron chi connectivity index (χ1n) is 4.52. The fourth-order valence-electron chi connectivity index (χ4n) is 0.991. The molecule has 0 saturated heterocycles. The molecule has 0 bridgehead atoms. The zero-order chi connectivity index (χ0) is 12.3. The van der Waals surface area contributed by atoms with Gasteiger partial charge in [0.05, 0.1) is 4.90 Å². The summed E-state index contributed by atoms with van der Waals surface area (Å²) in [5.74, 6) is 0. The number of anilines is 1. The molecule has 16 heavy (non-hydrogen) atoms. The Morgan fingerprint density at radius 3 is 2.69 bits per heavy atom. The predicted octanol–water partition coefficient (Wildman–Crippen LogP) is 1.89. The van der Waals surface area contributed by atoms with Gasteiger partial charge in [0.1, 0.15) is 0 Å². The average Bonchev–Trinajstić information content (AvgIpc) is 2.19. The van der Waals surface area contributed by atoms with Crippen molar-refractivity contribution in [2.45, 2.75) is 11.8 Å². The molecule has 0 aromatic heterocycles. The molecule has 0 spiro atoms. The molecular weight excluding hydrogens is 292 g/mol. The fraction of sp³-hybridized carbons (Fsp3) is 0.200. The van der Waals surface area contributed by atoms with Crippen molar-refractivity contribution in [1.29, 1.82) is 0 Å². The number of nitrogens with one attached hydrogen (secondary N) is 1. The van der Waals surface area contributed by atoms with Gasteiger partial charge in [0.25, 0.3) is 0 Å². The molecule has 1 rings (SSSR count). The Bertz CT molecular complexity index is 512. The van der Waals surface area contributed by atoms with Gasteiger partial charge in [0, 0.05) is 16.7 Å². The lowest BCUT2D eigenvalue weighted by Gasteiger charge is -2.07. The van der Waals surface area contributed by atoms with Crippen molar-refractivity contribution in [3.8, 4) is 0 Å². The van der Waals surface area contributed by atoms with Gasteiger partial charge >= 0.3 is 0 Å². The second-order valence-electron chi connectivity index (χ2n) is 3.46. The standard InChI is InChI=1S/C10H13BrN2O2S/c1-7(2)6-13-16(14,15)8-3-4-9(11)10(12)5-8/h3-5,13H,1,6,12H2,2H3. The highest BCUT2D eigenvalue weighted by Crippen LogP contribution is 2.22. The van der Waals surface area contributed by atoms with E-state index in [0.29, 0.717) is 10.2 Å². The van der Waals surface area contributed by atoms with E-state index in [1.54, 1.807) is 13.0 Å². The molecule has 0 unspecified atom stereocenters. The van der Waals surface area contributed by atoms with Crippen LogP contribution in [-0.2, 0) is 10.0 Å². The Kier molecular flexibility index (Phi) is 4.12. The molecule has 0 aliphatic rings. The predicted molar refractivity (Wildman–Crippen MR) is 68.6 cm³/mol. The molecule has 1 aromatic rings. The highest BCUT2D eigenvalue weighted by molar-refractivity contribution is 9.10. The summed E-state index contributed by atoms with van der Waals surface area (Å²) in [6, 6.07) is 4.50. The van der Waals surface area contributed by atoms with Crippen LogP contribution in [0.3, 0.4) is 0 Å². The minimum Gasteiger partial charge on any atom is -0.398 e. The van der Waals surface area contributed by atoms with E-state index in [1.165, 1.54) is 12.1 Å². The fourth-order valence-corrected chi connectivity index (χ4v) is 2.37. The minimum absolute atomic E-state index is 0.148. The highest BCUT2D eigenvalue weighted by atomic mass is 79.9. The molecule has 0 amide bonds. The molecule has 6 heteroatoms. The molecule has 0 aliphatic carbocycles. The van der Waals surface area contributed by atoms with Gasteiger partial charge in [-0.05, 0) is 41.1 Å². The highest BCUT2D eigenvalue weighted by Gasteiger charge is 2.14. The lowest BCUT2D eigenvalue weighted by atomic mass is 10.3. The Balaban J connectivity index is 2.99. The number of halogens is 1. The van der Waals surface area contributed by atoms with Gasteiger partial charge in [-0.25, -0.2) is 13.1 Å². The van der Waals surface area contributed by atoms with Crippen LogP contribution in [0, 0.1) is 0 Å². The molecule has 0 heterocycles. The lowest BCUT2D eigenvalue weighted by molar-refractivity contribution is 0.584. The third kappa shape index (κ3) is 3.33. The summed E-state index contributed by atoms with van der Waals surface area (Å²) in [5.41, 5.74) is 6.75. The van der Waals surface area contributed by atoms with Crippen LogP contribution in [0.2, 0.25) is 0 Å². The topological polar surface area (TPSA) is 72.2 Å². The summed E-state index contributed by atoms with van der Waals surface area (Å²) < 4.78 is 26.6. The van der Waals surface area contributed by atoms with E-state index in [4.69, 9.17) is 5.73 Å². The molecule has 88 valence electrons. The van der Waals surface area contributed by atoms with Crippen LogP contribution in [0.15, 0.2) is 39.7 Å². The summed E-state index contributed by atoms with van der Waals surface area (Å²) in [6.45, 7) is 5.59. The second kappa shape index (κ2) is 4.99. The normalized spacial score (nSPS) is 11.4. The number of rotatable bonds is 4. The molecule has 0 atom stereocenters. The van der Waals surface area contributed by atoms with Crippen molar-refractivity contribution in [3.05, 3.63) is 34.8 Å². The Morgan fingerprint density at radius 2 is 2.19 bits per heavy atom. The van der Waals surface area contributed by atoms with Crippen LogP contribution < -0.4 is 10.5 Å². The van der Waals surface area contributed by atoms with Crippen molar-refractivity contribution < 1.29 is 8.42 Å². The molecule has 0 fully saturated rings. The number of nitrogens with two attached hydrogens (primary N) is 1. The van der Waals surface area contributed by atoms with Gasteiger partial charge in [-0.1, -0.05) is 12.2 Å². The van der Waals surface area contributed by atoms with Crippen molar-refractivity contribution in [2.75, 3.05) is 12.3 Å². The van der Waals surface area contributed by atoms with Gasteiger partial charge in [0.15, 0.2) is 0 Å². The van der Waals surface area contributed by atoms with E-state index in [2.05, 4.69) is 27.2 Å². The van der Waals surface area contributed by atoms with Gasteiger partial charge in [-0.2, -0.15) is 0 Å². The van der Waals surface area contributed by atoms with Crippen LogP contribution in [0.25, 0.3) is 0 Å². The van der Waals surface area contributed by atoms with E-state index < -0.39 is 10.0 Å². The van der Waals surface area contributed by atoms with E-state index >= 15 is 0 Å². The van der Waals surface area contributed by atoms with E-state index in [1.807, 2.05) is 0 Å². The van der Waals surface area contributed by atoms with Crippen LogP contribution in [0.4, 0.5) is 5.69 Å². The quantitative estimate of drug-likeness (QED) is 0.659.